The van der Waals surface area contributed by atoms with Gasteiger partial charge in [0.05, 0.1) is 18.2 Å². The molecule has 2 heterocycles. The van der Waals surface area contributed by atoms with Gasteiger partial charge >= 0.3 is 0 Å². The molecule has 1 aromatic carbocycles. The zero-order valence-electron chi connectivity index (χ0n) is 11.4. The van der Waals surface area contributed by atoms with Crippen molar-refractivity contribution >= 4 is 40.0 Å². The smallest absolute Gasteiger partial charge is 0.137 e. The van der Waals surface area contributed by atoms with Gasteiger partial charge in [0.1, 0.15) is 5.75 Å². The van der Waals surface area contributed by atoms with Gasteiger partial charge in [-0.25, -0.2) is 0 Å². The Kier molecular flexibility index (Phi) is 4.48. The molecule has 0 spiro atoms. The van der Waals surface area contributed by atoms with Crippen LogP contribution >= 0.6 is 34.3 Å². The summed E-state index contributed by atoms with van der Waals surface area (Å²) in [5.74, 6) is 0.686. The minimum absolute atomic E-state index is 0.148. The van der Waals surface area contributed by atoms with Gasteiger partial charge in [-0.2, -0.15) is 0 Å². The number of halogens is 1. The van der Waals surface area contributed by atoms with Gasteiger partial charge < -0.3 is 10.1 Å². The number of ether oxygens (including phenoxy) is 1. The molecule has 108 valence electrons. The van der Waals surface area contributed by atoms with E-state index in [4.69, 9.17) is 16.3 Å². The lowest BCUT2D eigenvalue weighted by molar-refractivity contribution is 0.415. The number of nitrogens with one attached hydrogen (secondary N) is 1. The van der Waals surface area contributed by atoms with E-state index in [0.29, 0.717) is 10.8 Å². The Morgan fingerprint density at radius 2 is 1.71 bits per heavy atom. The highest BCUT2D eigenvalue weighted by atomic mass is 35.5. The van der Waals surface area contributed by atoms with Crippen LogP contribution in [0.4, 0.5) is 5.69 Å². The molecule has 0 aliphatic carbocycles. The van der Waals surface area contributed by atoms with Crippen molar-refractivity contribution in [3.63, 3.8) is 0 Å². The highest BCUT2D eigenvalue weighted by Crippen LogP contribution is 2.34. The summed E-state index contributed by atoms with van der Waals surface area (Å²) in [6, 6.07) is 14.3. The third-order valence-electron chi connectivity index (χ3n) is 3.12. The van der Waals surface area contributed by atoms with Crippen molar-refractivity contribution in [3.8, 4) is 5.75 Å². The summed E-state index contributed by atoms with van der Waals surface area (Å²) in [5, 5.41) is 8.36. The van der Waals surface area contributed by atoms with E-state index < -0.39 is 0 Å². The first-order valence-electron chi connectivity index (χ1n) is 6.45. The first-order chi connectivity index (χ1) is 10.3. The highest BCUT2D eigenvalue weighted by molar-refractivity contribution is 7.11. The second kappa shape index (κ2) is 6.52. The van der Waals surface area contributed by atoms with E-state index in [1.165, 1.54) is 9.75 Å². The Morgan fingerprint density at radius 3 is 2.19 bits per heavy atom. The van der Waals surface area contributed by atoms with E-state index in [9.17, 15) is 0 Å². The maximum absolute atomic E-state index is 6.20. The minimum atomic E-state index is 0.148. The van der Waals surface area contributed by atoms with Crippen molar-refractivity contribution in [2.45, 2.75) is 6.04 Å². The van der Waals surface area contributed by atoms with E-state index in [-0.39, 0.29) is 6.04 Å². The predicted molar refractivity (Wildman–Crippen MR) is 92.1 cm³/mol. The Bertz CT molecular complexity index is 661. The second-order valence-corrected chi connectivity index (χ2v) is 6.82. The van der Waals surface area contributed by atoms with Gasteiger partial charge in [0.15, 0.2) is 0 Å². The molecule has 0 fully saturated rings. The fourth-order valence-electron chi connectivity index (χ4n) is 2.12. The minimum Gasteiger partial charge on any atom is -0.495 e. The van der Waals surface area contributed by atoms with E-state index in [1.54, 1.807) is 29.8 Å². The molecule has 0 bridgehead atoms. The summed E-state index contributed by atoms with van der Waals surface area (Å²) in [4.78, 5) is 2.56. The van der Waals surface area contributed by atoms with Gasteiger partial charge in [0.25, 0.3) is 0 Å². The molecule has 1 N–H and O–H groups in total. The Labute approximate surface area is 137 Å². The topological polar surface area (TPSA) is 21.3 Å². The standard InChI is InChI=1S/C16H14ClNOS2/c1-19-13-7-6-11(10-12(13)17)18-16(14-4-2-8-20-14)15-5-3-9-21-15/h2-10,16,18H,1H3. The van der Waals surface area contributed by atoms with Crippen molar-refractivity contribution < 1.29 is 4.74 Å². The van der Waals surface area contributed by atoms with Gasteiger partial charge in [0, 0.05) is 15.4 Å². The number of thiophene rings is 2. The van der Waals surface area contributed by atoms with Crippen LogP contribution in [0.5, 0.6) is 5.75 Å². The van der Waals surface area contributed by atoms with Crippen molar-refractivity contribution in [3.05, 3.63) is 68.0 Å². The van der Waals surface area contributed by atoms with Gasteiger partial charge in [-0.05, 0) is 41.1 Å². The van der Waals surface area contributed by atoms with Crippen LogP contribution in [0.3, 0.4) is 0 Å². The lowest BCUT2D eigenvalue weighted by Gasteiger charge is -2.18. The van der Waals surface area contributed by atoms with Crippen LogP contribution in [0.25, 0.3) is 0 Å². The molecule has 0 saturated heterocycles. The third kappa shape index (κ3) is 3.23. The molecule has 21 heavy (non-hydrogen) atoms. The van der Waals surface area contributed by atoms with Crippen molar-refractivity contribution in [1.29, 1.82) is 0 Å². The number of rotatable bonds is 5. The molecule has 0 radical (unpaired) electrons. The molecule has 2 aromatic heterocycles. The molecule has 0 atom stereocenters. The second-order valence-electron chi connectivity index (χ2n) is 4.46. The highest BCUT2D eigenvalue weighted by Gasteiger charge is 2.16. The fraction of sp³-hybridized carbons (Fsp3) is 0.125. The van der Waals surface area contributed by atoms with Crippen molar-refractivity contribution in [1.82, 2.24) is 0 Å². The Hall–Kier alpha value is -1.49. The molecule has 3 aromatic rings. The summed E-state index contributed by atoms with van der Waals surface area (Å²) in [6.45, 7) is 0. The van der Waals surface area contributed by atoms with Crippen LogP contribution < -0.4 is 10.1 Å². The maximum Gasteiger partial charge on any atom is 0.137 e. The molecule has 0 unspecified atom stereocenters. The first-order valence-corrected chi connectivity index (χ1v) is 8.58. The molecular formula is C16H14ClNOS2. The fourth-order valence-corrected chi connectivity index (χ4v) is 4.04. The zero-order chi connectivity index (χ0) is 14.7. The van der Waals surface area contributed by atoms with Gasteiger partial charge in [-0.3, -0.25) is 0 Å². The molecule has 0 saturated carbocycles. The van der Waals surface area contributed by atoms with Crippen molar-refractivity contribution in [2.24, 2.45) is 0 Å². The average Bonchev–Trinajstić information content (AvgIpc) is 3.18. The predicted octanol–water partition coefficient (Wildman–Crippen LogP) is 5.67. The quantitative estimate of drug-likeness (QED) is 0.648. The normalized spacial score (nSPS) is 10.8. The Balaban J connectivity index is 1.90. The van der Waals surface area contributed by atoms with Crippen LogP contribution in [0.1, 0.15) is 15.8 Å². The van der Waals surface area contributed by atoms with E-state index in [1.807, 2.05) is 18.2 Å². The number of hydrogen-bond acceptors (Lipinski definition) is 4. The van der Waals surface area contributed by atoms with E-state index in [0.717, 1.165) is 5.69 Å². The molecule has 3 rings (SSSR count). The molecule has 5 heteroatoms. The molecular weight excluding hydrogens is 322 g/mol. The molecule has 0 aliphatic heterocycles. The third-order valence-corrected chi connectivity index (χ3v) is 5.29. The van der Waals surface area contributed by atoms with Crippen LogP contribution in [0, 0.1) is 0 Å². The SMILES string of the molecule is COc1ccc(NC(c2cccs2)c2cccs2)cc1Cl. The Morgan fingerprint density at radius 1 is 1.05 bits per heavy atom. The summed E-state index contributed by atoms with van der Waals surface area (Å²) in [6.07, 6.45) is 0. The maximum atomic E-state index is 6.20. The van der Waals surface area contributed by atoms with Gasteiger partial charge in [-0.15, -0.1) is 22.7 Å². The monoisotopic (exact) mass is 335 g/mol. The number of hydrogen-bond donors (Lipinski definition) is 1. The van der Waals surface area contributed by atoms with E-state index >= 15 is 0 Å². The number of anilines is 1. The largest absolute Gasteiger partial charge is 0.495 e. The van der Waals surface area contributed by atoms with E-state index in [2.05, 4.69) is 40.3 Å². The zero-order valence-corrected chi connectivity index (χ0v) is 13.8. The van der Waals surface area contributed by atoms with Gasteiger partial charge in [-0.1, -0.05) is 23.7 Å². The lowest BCUT2D eigenvalue weighted by Crippen LogP contribution is -2.09. The summed E-state index contributed by atoms with van der Waals surface area (Å²) >= 11 is 9.70. The number of methoxy groups -OCH3 is 1. The average molecular weight is 336 g/mol. The van der Waals surface area contributed by atoms with Crippen LogP contribution in [-0.2, 0) is 0 Å². The number of benzene rings is 1. The molecule has 0 amide bonds. The lowest BCUT2D eigenvalue weighted by atomic mass is 10.2. The van der Waals surface area contributed by atoms with Crippen LogP contribution in [0.15, 0.2) is 53.2 Å². The van der Waals surface area contributed by atoms with Gasteiger partial charge in [0.2, 0.25) is 0 Å². The van der Waals surface area contributed by atoms with Crippen LogP contribution in [0.2, 0.25) is 5.02 Å². The molecule has 2 nitrogen and oxygen atoms in total. The summed E-state index contributed by atoms with van der Waals surface area (Å²) < 4.78 is 5.19. The summed E-state index contributed by atoms with van der Waals surface area (Å²) in [7, 11) is 1.62. The first kappa shape index (κ1) is 14.4. The van der Waals surface area contributed by atoms with Crippen molar-refractivity contribution in [2.75, 3.05) is 12.4 Å². The van der Waals surface area contributed by atoms with Crippen LogP contribution in [-0.4, -0.2) is 7.11 Å². The summed E-state index contributed by atoms with van der Waals surface area (Å²) in [5.41, 5.74) is 0.979. The molecule has 0 aliphatic rings.